The number of ether oxygens (including phenoxy) is 2. The first-order valence-corrected chi connectivity index (χ1v) is 9.09. The van der Waals surface area contributed by atoms with E-state index in [0.29, 0.717) is 0 Å². The van der Waals surface area contributed by atoms with Crippen molar-refractivity contribution < 1.29 is 9.47 Å². The second-order valence-electron chi connectivity index (χ2n) is 6.36. The van der Waals surface area contributed by atoms with Crippen molar-refractivity contribution in [2.24, 2.45) is 0 Å². The van der Waals surface area contributed by atoms with Crippen LogP contribution in [0.5, 0.6) is 5.75 Å². The molecular formula is C18H25N3O2S. The molecule has 1 aliphatic heterocycles. The summed E-state index contributed by atoms with van der Waals surface area (Å²) in [7, 11) is 5.86. The Labute approximate surface area is 147 Å². The molecule has 0 spiro atoms. The van der Waals surface area contributed by atoms with E-state index in [2.05, 4.69) is 41.4 Å². The maximum Gasteiger partial charge on any atom is 0.123 e. The molecule has 1 saturated heterocycles. The highest BCUT2D eigenvalue weighted by Gasteiger charge is 2.21. The van der Waals surface area contributed by atoms with Crippen molar-refractivity contribution in [2.45, 2.75) is 12.6 Å². The summed E-state index contributed by atoms with van der Waals surface area (Å²) in [6.45, 7) is 4.59. The number of likely N-dealkylation sites (N-methyl/N-ethyl adjacent to an activating group) is 1. The van der Waals surface area contributed by atoms with Crippen LogP contribution < -0.4 is 4.74 Å². The summed E-state index contributed by atoms with van der Waals surface area (Å²) in [6.07, 6.45) is 0.286. The van der Waals surface area contributed by atoms with Crippen molar-refractivity contribution in [3.05, 3.63) is 35.3 Å². The van der Waals surface area contributed by atoms with E-state index in [1.807, 2.05) is 12.1 Å². The van der Waals surface area contributed by atoms with E-state index in [4.69, 9.17) is 14.5 Å². The summed E-state index contributed by atoms with van der Waals surface area (Å²) in [4.78, 5) is 9.42. The largest absolute Gasteiger partial charge is 0.497 e. The van der Waals surface area contributed by atoms with Crippen LogP contribution in [0.25, 0.3) is 10.6 Å². The predicted octanol–water partition coefficient (Wildman–Crippen LogP) is 2.58. The van der Waals surface area contributed by atoms with Gasteiger partial charge in [0, 0.05) is 37.1 Å². The Hall–Kier alpha value is -1.47. The van der Waals surface area contributed by atoms with Crippen LogP contribution in [0, 0.1) is 0 Å². The van der Waals surface area contributed by atoms with Gasteiger partial charge in [-0.15, -0.1) is 11.3 Å². The second kappa shape index (κ2) is 8.07. The number of morpholine rings is 1. The fraction of sp³-hybridized carbons (Fsp3) is 0.500. The lowest BCUT2D eigenvalue weighted by molar-refractivity contribution is -0.0409. The standard InChI is InChI=1S/C18H25N3O2S/c1-20(2)11-17-12-21(8-9-23-17)10-15-13-24-18(19-15)14-4-6-16(22-3)7-5-14/h4-7,13,17H,8-12H2,1-3H3/t17-/m0/s1. The zero-order valence-electron chi connectivity index (χ0n) is 14.6. The second-order valence-corrected chi connectivity index (χ2v) is 7.22. The van der Waals surface area contributed by atoms with Crippen molar-refractivity contribution >= 4 is 11.3 Å². The number of methoxy groups -OCH3 is 1. The summed E-state index contributed by atoms with van der Waals surface area (Å²) < 4.78 is 11.0. The van der Waals surface area contributed by atoms with Gasteiger partial charge in [-0.25, -0.2) is 4.98 Å². The van der Waals surface area contributed by atoms with Crippen LogP contribution in [-0.2, 0) is 11.3 Å². The minimum Gasteiger partial charge on any atom is -0.497 e. The minimum atomic E-state index is 0.286. The maximum atomic E-state index is 5.84. The molecule has 0 saturated carbocycles. The molecule has 24 heavy (non-hydrogen) atoms. The van der Waals surface area contributed by atoms with Crippen LogP contribution >= 0.6 is 11.3 Å². The third kappa shape index (κ3) is 4.54. The van der Waals surface area contributed by atoms with E-state index < -0.39 is 0 Å². The van der Waals surface area contributed by atoms with Crippen molar-refractivity contribution in [1.82, 2.24) is 14.8 Å². The average molecular weight is 347 g/mol. The molecule has 1 aliphatic rings. The molecule has 0 N–H and O–H groups in total. The molecule has 1 fully saturated rings. The molecule has 0 radical (unpaired) electrons. The zero-order valence-corrected chi connectivity index (χ0v) is 15.4. The number of thiazole rings is 1. The fourth-order valence-corrected chi connectivity index (χ4v) is 3.73. The van der Waals surface area contributed by atoms with Crippen LogP contribution in [0.3, 0.4) is 0 Å². The van der Waals surface area contributed by atoms with Gasteiger partial charge < -0.3 is 14.4 Å². The topological polar surface area (TPSA) is 37.8 Å². The smallest absolute Gasteiger partial charge is 0.123 e. The maximum absolute atomic E-state index is 5.84. The third-order valence-electron chi connectivity index (χ3n) is 4.07. The van der Waals surface area contributed by atoms with Gasteiger partial charge in [-0.05, 0) is 38.4 Å². The molecular weight excluding hydrogens is 322 g/mol. The Balaban J connectivity index is 1.61. The van der Waals surface area contributed by atoms with E-state index in [1.165, 1.54) is 0 Å². The lowest BCUT2D eigenvalue weighted by Gasteiger charge is -2.33. The highest BCUT2D eigenvalue weighted by atomic mass is 32.1. The highest BCUT2D eigenvalue weighted by molar-refractivity contribution is 7.13. The normalized spacial score (nSPS) is 18.9. The number of hydrogen-bond acceptors (Lipinski definition) is 6. The monoisotopic (exact) mass is 347 g/mol. The SMILES string of the molecule is COc1ccc(-c2nc(CN3CCO[C@@H](CN(C)C)C3)cs2)cc1. The number of benzene rings is 1. The van der Waals surface area contributed by atoms with Crippen molar-refractivity contribution in [3.63, 3.8) is 0 Å². The molecule has 1 aromatic carbocycles. The van der Waals surface area contributed by atoms with Gasteiger partial charge in [0.05, 0.1) is 25.5 Å². The molecule has 6 heteroatoms. The van der Waals surface area contributed by atoms with Crippen LogP contribution in [0.4, 0.5) is 0 Å². The highest BCUT2D eigenvalue weighted by Crippen LogP contribution is 2.26. The first-order chi connectivity index (χ1) is 11.6. The number of nitrogens with zero attached hydrogens (tertiary/aromatic N) is 3. The van der Waals surface area contributed by atoms with Gasteiger partial charge in [-0.1, -0.05) is 0 Å². The Morgan fingerprint density at radius 1 is 1.33 bits per heavy atom. The van der Waals surface area contributed by atoms with E-state index in [9.17, 15) is 0 Å². The quantitative estimate of drug-likeness (QED) is 0.803. The van der Waals surface area contributed by atoms with Gasteiger partial charge in [0.1, 0.15) is 10.8 Å². The van der Waals surface area contributed by atoms with Gasteiger partial charge >= 0.3 is 0 Å². The molecule has 2 aromatic rings. The lowest BCUT2D eigenvalue weighted by atomic mass is 10.2. The summed E-state index contributed by atoms with van der Waals surface area (Å²) >= 11 is 1.70. The fourth-order valence-electron chi connectivity index (χ4n) is 2.92. The average Bonchev–Trinajstić information content (AvgIpc) is 3.03. The van der Waals surface area contributed by atoms with E-state index in [1.54, 1.807) is 18.4 Å². The first kappa shape index (κ1) is 17.4. The number of rotatable bonds is 6. The van der Waals surface area contributed by atoms with Crippen LogP contribution in [-0.4, -0.2) is 68.3 Å². The van der Waals surface area contributed by atoms with Crippen molar-refractivity contribution in [1.29, 1.82) is 0 Å². The molecule has 1 aromatic heterocycles. The third-order valence-corrected chi connectivity index (χ3v) is 5.01. The molecule has 2 heterocycles. The summed E-state index contributed by atoms with van der Waals surface area (Å²) in [5.41, 5.74) is 2.27. The van der Waals surface area contributed by atoms with Gasteiger partial charge in [0.25, 0.3) is 0 Å². The lowest BCUT2D eigenvalue weighted by Crippen LogP contribution is -2.46. The van der Waals surface area contributed by atoms with Gasteiger partial charge in [0.15, 0.2) is 0 Å². The Kier molecular flexibility index (Phi) is 5.84. The van der Waals surface area contributed by atoms with Crippen molar-refractivity contribution in [2.75, 3.05) is 47.4 Å². The van der Waals surface area contributed by atoms with Crippen LogP contribution in [0.15, 0.2) is 29.6 Å². The Bertz CT molecular complexity index is 642. The molecule has 5 nitrogen and oxygen atoms in total. The number of hydrogen-bond donors (Lipinski definition) is 0. The van der Waals surface area contributed by atoms with E-state index >= 15 is 0 Å². The molecule has 0 amide bonds. The molecule has 0 aliphatic carbocycles. The summed E-state index contributed by atoms with van der Waals surface area (Å²) in [6, 6.07) is 8.07. The van der Waals surface area contributed by atoms with Crippen LogP contribution in [0.1, 0.15) is 5.69 Å². The summed E-state index contributed by atoms with van der Waals surface area (Å²) in [5, 5.41) is 3.22. The molecule has 130 valence electrons. The van der Waals surface area contributed by atoms with E-state index in [-0.39, 0.29) is 6.10 Å². The molecule has 0 bridgehead atoms. The predicted molar refractivity (Wildman–Crippen MR) is 97.7 cm³/mol. The Morgan fingerprint density at radius 2 is 2.12 bits per heavy atom. The minimum absolute atomic E-state index is 0.286. The van der Waals surface area contributed by atoms with Gasteiger partial charge in [0.2, 0.25) is 0 Å². The van der Waals surface area contributed by atoms with Gasteiger partial charge in [-0.2, -0.15) is 0 Å². The zero-order chi connectivity index (χ0) is 16.9. The molecule has 3 rings (SSSR count). The van der Waals surface area contributed by atoms with E-state index in [0.717, 1.165) is 54.8 Å². The molecule has 0 unspecified atom stereocenters. The van der Waals surface area contributed by atoms with Crippen molar-refractivity contribution in [3.8, 4) is 16.3 Å². The number of aromatic nitrogens is 1. The Morgan fingerprint density at radius 3 is 2.83 bits per heavy atom. The summed E-state index contributed by atoms with van der Waals surface area (Å²) in [5.74, 6) is 0.871. The molecule has 1 atom stereocenters. The first-order valence-electron chi connectivity index (χ1n) is 8.21. The van der Waals surface area contributed by atoms with Gasteiger partial charge in [-0.3, -0.25) is 4.90 Å². The van der Waals surface area contributed by atoms with Crippen LogP contribution in [0.2, 0.25) is 0 Å².